The molecule has 1 heterocycles. The van der Waals surface area contributed by atoms with Crippen molar-refractivity contribution in [3.05, 3.63) is 82.5 Å². The molecule has 3 rings (SSSR count). The average Bonchev–Trinajstić information content (AvgIpc) is 2.99. The van der Waals surface area contributed by atoms with E-state index >= 15 is 0 Å². The van der Waals surface area contributed by atoms with E-state index in [1.165, 1.54) is 5.56 Å². The number of hydrogen-bond donors (Lipinski definition) is 0. The van der Waals surface area contributed by atoms with Gasteiger partial charge in [0.15, 0.2) is 3.95 Å². The molecule has 140 valence electrons. The number of allylic oxidation sites excluding steroid dienone is 1. The summed E-state index contributed by atoms with van der Waals surface area (Å²) in [7, 11) is 1.67. The molecule has 0 N–H and O–H groups in total. The minimum Gasteiger partial charge on any atom is -0.497 e. The van der Waals surface area contributed by atoms with Gasteiger partial charge in [0.2, 0.25) is 0 Å². The fourth-order valence-electron chi connectivity index (χ4n) is 2.98. The Hall–Kier alpha value is -2.37. The molecule has 3 nitrogen and oxygen atoms in total. The number of rotatable bonds is 8. The quantitative estimate of drug-likeness (QED) is 0.341. The van der Waals surface area contributed by atoms with Crippen molar-refractivity contribution in [3.8, 4) is 16.2 Å². The second-order valence-electron chi connectivity index (χ2n) is 6.23. The monoisotopic (exact) mass is 397 g/mol. The molecule has 0 fully saturated rings. The summed E-state index contributed by atoms with van der Waals surface area (Å²) in [5.74, 6) is 1.08. The highest BCUT2D eigenvalue weighted by atomic mass is 32.1. The van der Waals surface area contributed by atoms with Crippen molar-refractivity contribution in [1.29, 1.82) is 0 Å². The number of benzene rings is 2. The maximum atomic E-state index is 6.13. The number of ether oxygens (including phenoxy) is 1. The summed E-state index contributed by atoms with van der Waals surface area (Å²) in [5.41, 5.74) is 3.37. The lowest BCUT2D eigenvalue weighted by Crippen LogP contribution is -2.19. The number of methoxy groups -OCH3 is 1. The van der Waals surface area contributed by atoms with Gasteiger partial charge in [-0.15, -0.1) is 17.9 Å². The van der Waals surface area contributed by atoms with Gasteiger partial charge in [-0.25, -0.2) is 0 Å². The Morgan fingerprint density at radius 3 is 2.48 bits per heavy atom. The Balaban J connectivity index is 1.81. The Bertz CT molecular complexity index is 943. The zero-order chi connectivity index (χ0) is 19.2. The van der Waals surface area contributed by atoms with E-state index in [9.17, 15) is 0 Å². The van der Waals surface area contributed by atoms with E-state index in [0.717, 1.165) is 28.3 Å². The molecule has 2 aromatic carbocycles. The Kier molecular flexibility index (Phi) is 6.48. The lowest BCUT2D eigenvalue weighted by Gasteiger charge is -2.17. The first-order valence-corrected chi connectivity index (χ1v) is 10.0. The van der Waals surface area contributed by atoms with Gasteiger partial charge >= 0.3 is 0 Å². The number of hydrogen-bond acceptors (Lipinski definition) is 4. The fraction of sp³-hybridized carbons (Fsp3) is 0.227. The predicted octanol–water partition coefficient (Wildman–Crippen LogP) is 6.05. The van der Waals surface area contributed by atoms with Gasteiger partial charge in [-0.2, -0.15) is 4.73 Å². The first-order chi connectivity index (χ1) is 13.1. The van der Waals surface area contributed by atoms with Crippen LogP contribution < -0.4 is 9.57 Å². The van der Waals surface area contributed by atoms with Crippen LogP contribution in [0.5, 0.6) is 5.75 Å². The lowest BCUT2D eigenvalue weighted by molar-refractivity contribution is 0.0931. The Morgan fingerprint density at radius 1 is 1.15 bits per heavy atom. The van der Waals surface area contributed by atoms with Gasteiger partial charge in [-0.3, -0.25) is 0 Å². The highest BCUT2D eigenvalue weighted by Gasteiger charge is 2.15. The second-order valence-corrected chi connectivity index (χ2v) is 7.88. The van der Waals surface area contributed by atoms with Gasteiger partial charge in [0.1, 0.15) is 12.4 Å². The maximum absolute atomic E-state index is 6.13. The average molecular weight is 398 g/mol. The first-order valence-electron chi connectivity index (χ1n) is 8.80. The van der Waals surface area contributed by atoms with Crippen LogP contribution in [0.15, 0.2) is 67.3 Å². The molecular formula is C22H23NO2S2. The summed E-state index contributed by atoms with van der Waals surface area (Å²) in [4.78, 5) is 7.25. The van der Waals surface area contributed by atoms with Gasteiger partial charge in [0.05, 0.1) is 17.7 Å². The molecule has 0 saturated heterocycles. The smallest absolute Gasteiger partial charge is 0.197 e. The van der Waals surface area contributed by atoms with Crippen molar-refractivity contribution >= 4 is 23.6 Å². The van der Waals surface area contributed by atoms with Crippen LogP contribution in [-0.4, -0.2) is 18.4 Å². The molecule has 5 heteroatoms. The van der Waals surface area contributed by atoms with E-state index in [4.69, 9.17) is 21.8 Å². The topological polar surface area (TPSA) is 23.4 Å². The zero-order valence-electron chi connectivity index (χ0n) is 15.6. The standard InChI is InChI=1S/C22H23NO2S2/c1-4-8-19(17-9-6-5-7-10-17)15-25-23-16(2)21(27-22(23)26)18-11-13-20(24-3)14-12-18/h4-7,9-14,19H,1,8,15H2,2-3H3. The van der Waals surface area contributed by atoms with E-state index in [0.29, 0.717) is 10.6 Å². The summed E-state index contributed by atoms with van der Waals surface area (Å²) in [6, 6.07) is 18.4. The zero-order valence-corrected chi connectivity index (χ0v) is 17.2. The highest BCUT2D eigenvalue weighted by Crippen LogP contribution is 2.31. The third kappa shape index (κ3) is 4.49. The molecule has 0 bridgehead atoms. The van der Waals surface area contributed by atoms with E-state index in [1.807, 2.05) is 43.3 Å². The summed E-state index contributed by atoms with van der Waals surface area (Å²) in [6.07, 6.45) is 2.79. The summed E-state index contributed by atoms with van der Waals surface area (Å²) >= 11 is 7.11. The third-order valence-electron chi connectivity index (χ3n) is 4.47. The molecule has 3 aromatic rings. The molecule has 0 aliphatic heterocycles. The van der Waals surface area contributed by atoms with Crippen LogP contribution in [0.4, 0.5) is 0 Å². The highest BCUT2D eigenvalue weighted by molar-refractivity contribution is 7.73. The van der Waals surface area contributed by atoms with Crippen LogP contribution in [0.25, 0.3) is 10.4 Å². The van der Waals surface area contributed by atoms with E-state index in [1.54, 1.807) is 23.2 Å². The van der Waals surface area contributed by atoms with Crippen molar-refractivity contribution in [2.24, 2.45) is 0 Å². The van der Waals surface area contributed by atoms with Crippen LogP contribution in [-0.2, 0) is 0 Å². The van der Waals surface area contributed by atoms with Gasteiger partial charge < -0.3 is 9.57 Å². The first kappa shape index (κ1) is 19.4. The summed E-state index contributed by atoms with van der Waals surface area (Å²) in [5, 5.41) is 0. The lowest BCUT2D eigenvalue weighted by atomic mass is 9.97. The van der Waals surface area contributed by atoms with Crippen LogP contribution >= 0.6 is 23.6 Å². The minimum absolute atomic E-state index is 0.245. The second kappa shape index (κ2) is 9.02. The number of aromatic nitrogens is 1. The van der Waals surface area contributed by atoms with Gasteiger partial charge in [0, 0.05) is 5.92 Å². The van der Waals surface area contributed by atoms with E-state index in [2.05, 4.69) is 30.8 Å². The van der Waals surface area contributed by atoms with Crippen molar-refractivity contribution in [2.75, 3.05) is 13.7 Å². The minimum atomic E-state index is 0.245. The molecule has 1 unspecified atom stereocenters. The normalized spacial score (nSPS) is 11.8. The molecule has 0 spiro atoms. The van der Waals surface area contributed by atoms with Crippen molar-refractivity contribution in [1.82, 2.24) is 4.73 Å². The van der Waals surface area contributed by atoms with E-state index in [-0.39, 0.29) is 5.92 Å². The van der Waals surface area contributed by atoms with Gasteiger partial charge in [0.25, 0.3) is 0 Å². The van der Waals surface area contributed by atoms with Crippen LogP contribution in [0.2, 0.25) is 0 Å². The molecule has 0 aliphatic carbocycles. The molecule has 27 heavy (non-hydrogen) atoms. The molecule has 0 aliphatic rings. The van der Waals surface area contributed by atoms with Crippen LogP contribution in [0.1, 0.15) is 23.6 Å². The van der Waals surface area contributed by atoms with Gasteiger partial charge in [-0.05, 0) is 61.0 Å². The van der Waals surface area contributed by atoms with Crippen LogP contribution in [0, 0.1) is 10.9 Å². The predicted molar refractivity (Wildman–Crippen MR) is 115 cm³/mol. The fourth-order valence-corrected chi connectivity index (χ4v) is 4.35. The molecular weight excluding hydrogens is 374 g/mol. The summed E-state index contributed by atoms with van der Waals surface area (Å²) < 4.78 is 7.73. The third-order valence-corrected chi connectivity index (χ3v) is 5.96. The Morgan fingerprint density at radius 2 is 1.85 bits per heavy atom. The van der Waals surface area contributed by atoms with Crippen molar-refractivity contribution in [2.45, 2.75) is 19.3 Å². The molecule has 0 saturated carbocycles. The molecule has 0 radical (unpaired) electrons. The number of nitrogens with zero attached hydrogens (tertiary/aromatic N) is 1. The maximum Gasteiger partial charge on any atom is 0.197 e. The molecule has 0 amide bonds. The summed E-state index contributed by atoms with van der Waals surface area (Å²) in [6.45, 7) is 6.47. The molecule has 1 atom stereocenters. The molecule has 1 aromatic heterocycles. The SMILES string of the molecule is C=CCC(COn1c(C)c(-c2ccc(OC)cc2)sc1=S)c1ccccc1. The van der Waals surface area contributed by atoms with E-state index < -0.39 is 0 Å². The number of thiazole rings is 1. The van der Waals surface area contributed by atoms with Crippen LogP contribution in [0.3, 0.4) is 0 Å². The van der Waals surface area contributed by atoms with Crippen molar-refractivity contribution in [3.63, 3.8) is 0 Å². The van der Waals surface area contributed by atoms with Gasteiger partial charge in [-0.1, -0.05) is 36.4 Å². The largest absolute Gasteiger partial charge is 0.497 e. The van der Waals surface area contributed by atoms with Crippen molar-refractivity contribution < 1.29 is 9.57 Å². The Labute approximate surface area is 169 Å².